The van der Waals surface area contributed by atoms with E-state index in [1.165, 1.54) is 29.2 Å². The van der Waals surface area contributed by atoms with Gasteiger partial charge in [0.2, 0.25) is 5.13 Å². The molecule has 3 aromatic rings. The number of fused-ring (bicyclic) bond motifs is 1. The van der Waals surface area contributed by atoms with E-state index in [1.807, 2.05) is 13.0 Å². The summed E-state index contributed by atoms with van der Waals surface area (Å²) in [6, 6.07) is 5.12. The number of aromatic nitrogens is 2. The van der Waals surface area contributed by atoms with E-state index in [9.17, 15) is 4.79 Å². The minimum atomic E-state index is -0.370. The van der Waals surface area contributed by atoms with E-state index in [1.54, 1.807) is 12.1 Å². The highest BCUT2D eigenvalue weighted by Gasteiger charge is 2.11. The Balaban J connectivity index is 1.84. The number of nitrogens with one attached hydrogen (secondary N) is 1. The van der Waals surface area contributed by atoms with Gasteiger partial charge in [0.05, 0.1) is 0 Å². The van der Waals surface area contributed by atoms with Gasteiger partial charge in [0.1, 0.15) is 5.58 Å². The van der Waals surface area contributed by atoms with Crippen LogP contribution in [0.3, 0.4) is 0 Å². The average Bonchev–Trinajstić information content (AvgIpc) is 3.00. The number of benzene rings is 1. The molecule has 0 unspecified atom stereocenters. The largest absolute Gasteiger partial charge is 0.423 e. The van der Waals surface area contributed by atoms with Gasteiger partial charge in [-0.2, -0.15) is 0 Å². The Labute approximate surface area is 151 Å². The summed E-state index contributed by atoms with van der Waals surface area (Å²) in [5, 5.41) is 13.5. The maximum Gasteiger partial charge on any atom is 0.336 e. The molecule has 0 spiro atoms. The Morgan fingerprint density at radius 3 is 3.04 bits per heavy atom. The zero-order valence-electron chi connectivity index (χ0n) is 12.8. The summed E-state index contributed by atoms with van der Waals surface area (Å²) in [5.74, 6) is 0.581. The summed E-state index contributed by atoms with van der Waals surface area (Å²) in [7, 11) is 0. The third-order valence-corrected chi connectivity index (χ3v) is 5.73. The Bertz CT molecular complexity index is 952. The fourth-order valence-electron chi connectivity index (χ4n) is 2.11. The first-order valence-electron chi connectivity index (χ1n) is 7.11. The second kappa shape index (κ2) is 7.38. The van der Waals surface area contributed by atoms with Crippen molar-refractivity contribution in [1.29, 1.82) is 0 Å². The SMILES string of the molecule is C=CCNc1nnc(SCc2cc(=O)oc3cc(C)c(Cl)cc23)s1. The molecule has 8 heteroatoms. The summed E-state index contributed by atoms with van der Waals surface area (Å²) in [5.41, 5.74) is 1.92. The third kappa shape index (κ3) is 3.80. The molecule has 0 bridgehead atoms. The van der Waals surface area contributed by atoms with E-state index in [4.69, 9.17) is 16.0 Å². The molecule has 5 nitrogen and oxygen atoms in total. The third-order valence-electron chi connectivity index (χ3n) is 3.26. The molecule has 0 aliphatic heterocycles. The molecule has 0 aliphatic carbocycles. The highest BCUT2D eigenvalue weighted by Crippen LogP contribution is 2.31. The van der Waals surface area contributed by atoms with Gasteiger partial charge >= 0.3 is 5.63 Å². The van der Waals surface area contributed by atoms with Crippen LogP contribution >= 0.6 is 34.7 Å². The van der Waals surface area contributed by atoms with Gasteiger partial charge in [-0.15, -0.1) is 16.8 Å². The summed E-state index contributed by atoms with van der Waals surface area (Å²) >= 11 is 9.18. The van der Waals surface area contributed by atoms with Gasteiger partial charge in [0.25, 0.3) is 0 Å². The number of thioether (sulfide) groups is 1. The van der Waals surface area contributed by atoms with Crippen molar-refractivity contribution in [2.24, 2.45) is 0 Å². The molecular weight excluding hydrogens is 366 g/mol. The van der Waals surface area contributed by atoms with Crippen molar-refractivity contribution < 1.29 is 4.42 Å². The van der Waals surface area contributed by atoms with Crippen molar-refractivity contribution >= 4 is 50.8 Å². The molecular formula is C16H14ClN3O2S2. The van der Waals surface area contributed by atoms with E-state index in [2.05, 4.69) is 22.1 Å². The summed E-state index contributed by atoms with van der Waals surface area (Å²) < 4.78 is 6.09. The van der Waals surface area contributed by atoms with Crippen LogP contribution in [0.4, 0.5) is 5.13 Å². The molecule has 0 atom stereocenters. The van der Waals surface area contributed by atoms with Crippen LogP contribution in [0.5, 0.6) is 0 Å². The molecule has 1 aromatic carbocycles. The molecule has 24 heavy (non-hydrogen) atoms. The minimum Gasteiger partial charge on any atom is -0.423 e. The number of rotatable bonds is 6. The van der Waals surface area contributed by atoms with Gasteiger partial charge in [-0.1, -0.05) is 40.8 Å². The van der Waals surface area contributed by atoms with Crippen molar-refractivity contribution in [1.82, 2.24) is 10.2 Å². The Morgan fingerprint density at radius 2 is 2.25 bits per heavy atom. The molecule has 0 radical (unpaired) electrons. The molecule has 0 amide bonds. The fraction of sp³-hybridized carbons (Fsp3) is 0.188. The quantitative estimate of drug-likeness (QED) is 0.386. The lowest BCUT2D eigenvalue weighted by Crippen LogP contribution is -2.00. The normalized spacial score (nSPS) is 10.9. The molecule has 3 rings (SSSR count). The zero-order valence-corrected chi connectivity index (χ0v) is 15.2. The zero-order chi connectivity index (χ0) is 17.1. The second-order valence-electron chi connectivity index (χ2n) is 5.02. The van der Waals surface area contributed by atoms with Crippen molar-refractivity contribution in [2.75, 3.05) is 11.9 Å². The lowest BCUT2D eigenvalue weighted by Gasteiger charge is -2.06. The Morgan fingerprint density at radius 1 is 1.42 bits per heavy atom. The van der Waals surface area contributed by atoms with Gasteiger partial charge in [0, 0.05) is 28.8 Å². The number of hydrogen-bond acceptors (Lipinski definition) is 7. The lowest BCUT2D eigenvalue weighted by atomic mass is 10.1. The average molecular weight is 380 g/mol. The van der Waals surface area contributed by atoms with E-state index in [0.29, 0.717) is 22.9 Å². The standard InChI is InChI=1S/C16H14ClN3O2S2/c1-3-4-18-15-19-20-16(24-15)23-8-10-6-14(21)22-13-5-9(2)12(17)7-11(10)13/h3,5-7H,1,4,8H2,2H3,(H,18,19). The van der Waals surface area contributed by atoms with Crippen LogP contribution in [-0.2, 0) is 5.75 Å². The first-order valence-corrected chi connectivity index (χ1v) is 9.29. The molecule has 1 N–H and O–H groups in total. The maximum absolute atomic E-state index is 11.8. The monoisotopic (exact) mass is 379 g/mol. The number of anilines is 1. The Kier molecular flexibility index (Phi) is 5.23. The van der Waals surface area contributed by atoms with Crippen LogP contribution in [-0.4, -0.2) is 16.7 Å². The first-order chi connectivity index (χ1) is 11.6. The smallest absolute Gasteiger partial charge is 0.336 e. The predicted molar refractivity (Wildman–Crippen MR) is 100 cm³/mol. The highest BCUT2D eigenvalue weighted by molar-refractivity contribution is 8.00. The van der Waals surface area contributed by atoms with Crippen LogP contribution in [0.15, 0.2) is 44.4 Å². The lowest BCUT2D eigenvalue weighted by molar-refractivity contribution is 0.559. The number of aryl methyl sites for hydroxylation is 1. The minimum absolute atomic E-state index is 0.370. The van der Waals surface area contributed by atoms with Crippen LogP contribution in [0.2, 0.25) is 5.02 Å². The van der Waals surface area contributed by atoms with E-state index in [-0.39, 0.29) is 5.63 Å². The van der Waals surface area contributed by atoms with E-state index < -0.39 is 0 Å². The molecule has 2 aromatic heterocycles. The van der Waals surface area contributed by atoms with Gasteiger partial charge in [-0.05, 0) is 30.2 Å². The fourth-order valence-corrected chi connectivity index (χ4v) is 4.02. The first kappa shape index (κ1) is 17.0. The van der Waals surface area contributed by atoms with Crippen LogP contribution in [0.25, 0.3) is 11.0 Å². The summed E-state index contributed by atoms with van der Waals surface area (Å²) in [6.45, 7) is 6.17. The molecule has 0 saturated carbocycles. The van der Waals surface area contributed by atoms with Crippen LogP contribution in [0, 0.1) is 6.92 Å². The maximum atomic E-state index is 11.8. The number of halogens is 1. The predicted octanol–water partition coefficient (Wildman–Crippen LogP) is 4.50. The van der Waals surface area contributed by atoms with Crippen LogP contribution in [0.1, 0.15) is 11.1 Å². The van der Waals surface area contributed by atoms with E-state index in [0.717, 1.165) is 26.0 Å². The number of nitrogens with zero attached hydrogens (tertiary/aromatic N) is 2. The highest BCUT2D eigenvalue weighted by atomic mass is 35.5. The van der Waals surface area contributed by atoms with Crippen molar-refractivity contribution in [3.05, 3.63) is 57.4 Å². The second-order valence-corrected chi connectivity index (χ2v) is 7.63. The van der Waals surface area contributed by atoms with Crippen molar-refractivity contribution in [3.63, 3.8) is 0 Å². The van der Waals surface area contributed by atoms with Gasteiger partial charge in [-0.3, -0.25) is 0 Å². The molecule has 0 saturated heterocycles. The van der Waals surface area contributed by atoms with Crippen molar-refractivity contribution in [3.8, 4) is 0 Å². The molecule has 124 valence electrons. The molecule has 0 aliphatic rings. The van der Waals surface area contributed by atoms with Gasteiger partial charge < -0.3 is 9.73 Å². The van der Waals surface area contributed by atoms with Crippen molar-refractivity contribution in [2.45, 2.75) is 17.0 Å². The van der Waals surface area contributed by atoms with Crippen LogP contribution < -0.4 is 10.9 Å². The molecule has 0 fully saturated rings. The summed E-state index contributed by atoms with van der Waals surface area (Å²) in [6.07, 6.45) is 1.76. The summed E-state index contributed by atoms with van der Waals surface area (Å²) in [4.78, 5) is 11.8. The van der Waals surface area contributed by atoms with E-state index >= 15 is 0 Å². The van der Waals surface area contributed by atoms with Gasteiger partial charge in [-0.25, -0.2) is 4.79 Å². The number of hydrogen-bond donors (Lipinski definition) is 1. The molecule has 2 heterocycles. The Hall–Kier alpha value is -1.83. The van der Waals surface area contributed by atoms with Gasteiger partial charge in [0.15, 0.2) is 4.34 Å². The topological polar surface area (TPSA) is 68.0 Å².